The van der Waals surface area contributed by atoms with Crippen LogP contribution in [0.4, 0.5) is 0 Å². The summed E-state index contributed by atoms with van der Waals surface area (Å²) in [6, 6.07) is 8.14. The molecule has 0 fully saturated rings. The molecule has 17 heavy (non-hydrogen) atoms. The van der Waals surface area contributed by atoms with Gasteiger partial charge in [0.2, 0.25) is 0 Å². The summed E-state index contributed by atoms with van der Waals surface area (Å²) in [7, 11) is 0. The van der Waals surface area contributed by atoms with Crippen molar-refractivity contribution in [2.45, 2.75) is 32.7 Å². The highest BCUT2D eigenvalue weighted by Gasteiger charge is 2.11. The molecular weight excluding hydrogens is 232 g/mol. The van der Waals surface area contributed by atoms with Crippen LogP contribution in [0, 0.1) is 5.92 Å². The van der Waals surface area contributed by atoms with E-state index in [-0.39, 0.29) is 6.04 Å². The number of hydrogen-bond acceptors (Lipinski definition) is 2. The fourth-order valence-electron chi connectivity index (χ4n) is 1.92. The SMILES string of the molecule is CCC(CC)CNC(CN)c1ccc(Cl)cc1. The second-order valence-corrected chi connectivity index (χ2v) is 4.87. The monoisotopic (exact) mass is 254 g/mol. The van der Waals surface area contributed by atoms with Crippen molar-refractivity contribution in [3.05, 3.63) is 34.9 Å². The van der Waals surface area contributed by atoms with E-state index in [9.17, 15) is 0 Å². The zero-order valence-electron chi connectivity index (χ0n) is 10.7. The lowest BCUT2D eigenvalue weighted by atomic mass is 10.0. The van der Waals surface area contributed by atoms with E-state index in [0.29, 0.717) is 6.54 Å². The van der Waals surface area contributed by atoms with E-state index in [1.165, 1.54) is 18.4 Å². The Morgan fingerprint density at radius 3 is 2.24 bits per heavy atom. The highest BCUT2D eigenvalue weighted by molar-refractivity contribution is 6.30. The Hall–Kier alpha value is -0.570. The summed E-state index contributed by atoms with van der Waals surface area (Å²) in [5.41, 5.74) is 7.03. The van der Waals surface area contributed by atoms with E-state index >= 15 is 0 Å². The molecular formula is C14H23ClN2. The molecule has 0 heterocycles. The van der Waals surface area contributed by atoms with Crippen molar-refractivity contribution < 1.29 is 0 Å². The molecule has 1 aromatic rings. The first-order chi connectivity index (χ1) is 8.21. The summed E-state index contributed by atoms with van der Waals surface area (Å²) in [6.45, 7) is 6.10. The smallest absolute Gasteiger partial charge is 0.0444 e. The van der Waals surface area contributed by atoms with E-state index in [2.05, 4.69) is 19.2 Å². The third-order valence-electron chi connectivity index (χ3n) is 3.32. The predicted octanol–water partition coefficient (Wildman–Crippen LogP) is 3.37. The molecule has 3 heteroatoms. The molecule has 0 aliphatic rings. The van der Waals surface area contributed by atoms with Crippen LogP contribution in [0.3, 0.4) is 0 Å². The van der Waals surface area contributed by atoms with Gasteiger partial charge < -0.3 is 11.1 Å². The lowest BCUT2D eigenvalue weighted by Gasteiger charge is -2.21. The van der Waals surface area contributed by atoms with Crippen LogP contribution in [0.2, 0.25) is 5.02 Å². The first kappa shape index (κ1) is 14.5. The second-order valence-electron chi connectivity index (χ2n) is 4.43. The van der Waals surface area contributed by atoms with Crippen LogP contribution in [0.1, 0.15) is 38.3 Å². The van der Waals surface area contributed by atoms with Gasteiger partial charge in [-0.25, -0.2) is 0 Å². The predicted molar refractivity (Wildman–Crippen MR) is 75.3 cm³/mol. The minimum absolute atomic E-state index is 0.230. The van der Waals surface area contributed by atoms with Gasteiger partial charge in [0, 0.05) is 17.6 Å². The second kappa shape index (κ2) is 7.70. The topological polar surface area (TPSA) is 38.0 Å². The molecule has 0 aliphatic heterocycles. The van der Waals surface area contributed by atoms with Crippen LogP contribution in [0.15, 0.2) is 24.3 Å². The summed E-state index contributed by atoms with van der Waals surface area (Å²) in [6.07, 6.45) is 2.42. The largest absolute Gasteiger partial charge is 0.329 e. The molecule has 3 N–H and O–H groups in total. The normalized spacial score (nSPS) is 13.0. The van der Waals surface area contributed by atoms with Gasteiger partial charge >= 0.3 is 0 Å². The summed E-state index contributed by atoms with van der Waals surface area (Å²) >= 11 is 5.88. The van der Waals surface area contributed by atoms with Crippen molar-refractivity contribution in [2.75, 3.05) is 13.1 Å². The van der Waals surface area contributed by atoms with Crippen molar-refractivity contribution in [2.24, 2.45) is 11.7 Å². The Bertz CT molecular complexity index is 307. The van der Waals surface area contributed by atoms with Crippen molar-refractivity contribution in [1.29, 1.82) is 0 Å². The van der Waals surface area contributed by atoms with Gasteiger partial charge in [-0.15, -0.1) is 0 Å². The van der Waals surface area contributed by atoms with E-state index in [0.717, 1.165) is 17.5 Å². The van der Waals surface area contributed by atoms with E-state index in [4.69, 9.17) is 17.3 Å². The molecule has 0 bridgehead atoms. The van der Waals surface area contributed by atoms with Crippen molar-refractivity contribution >= 4 is 11.6 Å². The quantitative estimate of drug-likeness (QED) is 0.783. The van der Waals surface area contributed by atoms with Crippen LogP contribution in [0.5, 0.6) is 0 Å². The standard InChI is InChI=1S/C14H23ClN2/c1-3-11(4-2)10-17-14(9-16)12-5-7-13(15)8-6-12/h5-8,11,14,17H,3-4,9-10,16H2,1-2H3. The third kappa shape index (κ3) is 4.66. The van der Waals surface area contributed by atoms with Crippen molar-refractivity contribution in [3.63, 3.8) is 0 Å². The van der Waals surface area contributed by atoms with Crippen molar-refractivity contribution in [1.82, 2.24) is 5.32 Å². The van der Waals surface area contributed by atoms with Gasteiger partial charge in [0.1, 0.15) is 0 Å². The van der Waals surface area contributed by atoms with Crippen molar-refractivity contribution in [3.8, 4) is 0 Å². The molecule has 0 saturated heterocycles. The molecule has 2 nitrogen and oxygen atoms in total. The van der Waals surface area contributed by atoms with Crippen LogP contribution in [-0.4, -0.2) is 13.1 Å². The summed E-state index contributed by atoms with van der Waals surface area (Å²) in [5, 5.41) is 4.31. The average Bonchev–Trinajstić information content (AvgIpc) is 2.36. The highest BCUT2D eigenvalue weighted by atomic mass is 35.5. The summed E-state index contributed by atoms with van der Waals surface area (Å²) < 4.78 is 0. The van der Waals surface area contributed by atoms with Gasteiger partial charge in [0.25, 0.3) is 0 Å². The first-order valence-electron chi connectivity index (χ1n) is 6.40. The molecule has 0 spiro atoms. The molecule has 0 amide bonds. The third-order valence-corrected chi connectivity index (χ3v) is 3.57. The average molecular weight is 255 g/mol. The maximum absolute atomic E-state index is 5.88. The van der Waals surface area contributed by atoms with E-state index in [1.807, 2.05) is 24.3 Å². The molecule has 1 atom stereocenters. The van der Waals surface area contributed by atoms with Crippen LogP contribution < -0.4 is 11.1 Å². The molecule has 0 aliphatic carbocycles. The summed E-state index contributed by atoms with van der Waals surface area (Å²) in [4.78, 5) is 0. The van der Waals surface area contributed by atoms with E-state index < -0.39 is 0 Å². The minimum Gasteiger partial charge on any atom is -0.329 e. The molecule has 0 aromatic heterocycles. The molecule has 1 unspecified atom stereocenters. The van der Waals surface area contributed by atoms with Gasteiger partial charge in [-0.1, -0.05) is 50.4 Å². The van der Waals surface area contributed by atoms with Gasteiger partial charge in [-0.3, -0.25) is 0 Å². The van der Waals surface area contributed by atoms with Gasteiger partial charge in [0.05, 0.1) is 0 Å². The number of nitrogens with one attached hydrogen (secondary N) is 1. The maximum atomic E-state index is 5.88. The molecule has 1 aromatic carbocycles. The Morgan fingerprint density at radius 1 is 1.18 bits per heavy atom. The van der Waals surface area contributed by atoms with Crippen LogP contribution in [-0.2, 0) is 0 Å². The van der Waals surface area contributed by atoms with Gasteiger partial charge in [-0.2, -0.15) is 0 Å². The lowest BCUT2D eigenvalue weighted by Crippen LogP contribution is -2.32. The Labute approximate surface area is 110 Å². The Morgan fingerprint density at radius 2 is 1.76 bits per heavy atom. The number of benzene rings is 1. The number of nitrogens with two attached hydrogens (primary N) is 1. The molecule has 0 radical (unpaired) electrons. The Balaban J connectivity index is 2.56. The van der Waals surface area contributed by atoms with Crippen LogP contribution in [0.25, 0.3) is 0 Å². The van der Waals surface area contributed by atoms with E-state index in [1.54, 1.807) is 0 Å². The lowest BCUT2D eigenvalue weighted by molar-refractivity contribution is 0.414. The molecule has 1 rings (SSSR count). The summed E-state index contributed by atoms with van der Waals surface area (Å²) in [5.74, 6) is 0.733. The number of hydrogen-bond donors (Lipinski definition) is 2. The fraction of sp³-hybridized carbons (Fsp3) is 0.571. The highest BCUT2D eigenvalue weighted by Crippen LogP contribution is 2.16. The first-order valence-corrected chi connectivity index (χ1v) is 6.77. The zero-order chi connectivity index (χ0) is 12.7. The molecule has 96 valence electrons. The number of rotatable bonds is 7. The van der Waals surface area contributed by atoms with Gasteiger partial charge in [-0.05, 0) is 30.2 Å². The Kier molecular flexibility index (Phi) is 6.56. The van der Waals surface area contributed by atoms with Gasteiger partial charge in [0.15, 0.2) is 0 Å². The van der Waals surface area contributed by atoms with Crippen LogP contribution >= 0.6 is 11.6 Å². The fourth-order valence-corrected chi connectivity index (χ4v) is 2.04. The number of halogens is 1. The maximum Gasteiger partial charge on any atom is 0.0444 e. The minimum atomic E-state index is 0.230. The molecule has 0 saturated carbocycles. The zero-order valence-corrected chi connectivity index (χ0v) is 11.5.